The van der Waals surface area contributed by atoms with Crippen LogP contribution in [-0.2, 0) is 5.54 Å². The average Bonchev–Trinajstić information content (AvgIpc) is 3.14. The summed E-state index contributed by atoms with van der Waals surface area (Å²) in [6, 6.07) is 8.25. The zero-order valence-electron chi connectivity index (χ0n) is 10.4. The van der Waals surface area contributed by atoms with Crippen LogP contribution in [0.4, 0.5) is 13.2 Å². The third kappa shape index (κ3) is 2.26. The molecule has 1 unspecified atom stereocenters. The molecule has 0 saturated heterocycles. The van der Waals surface area contributed by atoms with Crippen molar-refractivity contribution in [3.63, 3.8) is 0 Å². The Labute approximate surface area is 105 Å². The van der Waals surface area contributed by atoms with E-state index in [4.69, 9.17) is 0 Å². The minimum atomic E-state index is -4.26. The van der Waals surface area contributed by atoms with Crippen molar-refractivity contribution in [2.45, 2.75) is 37.9 Å². The summed E-state index contributed by atoms with van der Waals surface area (Å²) in [5.74, 6) is -0.327. The zero-order valence-corrected chi connectivity index (χ0v) is 10.4. The molecule has 1 N–H and O–H groups in total. The first-order valence-electron chi connectivity index (χ1n) is 6.39. The van der Waals surface area contributed by atoms with Crippen LogP contribution >= 0.6 is 0 Å². The molecule has 0 radical (unpaired) electrons. The summed E-state index contributed by atoms with van der Waals surface area (Å²) in [6.07, 6.45) is -2.28. The second-order valence-corrected chi connectivity index (χ2v) is 4.87. The van der Waals surface area contributed by atoms with E-state index in [-0.39, 0.29) is 5.92 Å². The topological polar surface area (TPSA) is 12.0 Å². The summed E-state index contributed by atoms with van der Waals surface area (Å²) in [6.45, 7) is 2.26. The van der Waals surface area contributed by atoms with Gasteiger partial charge >= 0.3 is 6.18 Å². The fraction of sp³-hybridized carbons (Fsp3) is 0.571. The summed E-state index contributed by atoms with van der Waals surface area (Å²) in [5, 5.41) is 2.78. The molecule has 1 nitrogen and oxygen atoms in total. The molecule has 1 aliphatic carbocycles. The summed E-state index contributed by atoms with van der Waals surface area (Å²) >= 11 is 0. The monoisotopic (exact) mass is 257 g/mol. The molecule has 4 heteroatoms. The maximum Gasteiger partial charge on any atom is 0.411 e. The van der Waals surface area contributed by atoms with E-state index >= 15 is 0 Å². The SMILES string of the molecule is CCCNC(c1ccccc1)(C1CC1)C(F)(F)F. The van der Waals surface area contributed by atoms with Gasteiger partial charge in [-0.2, -0.15) is 13.2 Å². The number of alkyl halides is 3. The number of halogens is 3. The molecule has 0 bridgehead atoms. The molecule has 0 aliphatic heterocycles. The van der Waals surface area contributed by atoms with E-state index in [0.717, 1.165) is 0 Å². The fourth-order valence-corrected chi connectivity index (χ4v) is 2.52. The van der Waals surface area contributed by atoms with Crippen LogP contribution in [0.15, 0.2) is 30.3 Å². The van der Waals surface area contributed by atoms with Crippen LogP contribution in [0.3, 0.4) is 0 Å². The molecule has 2 rings (SSSR count). The average molecular weight is 257 g/mol. The van der Waals surface area contributed by atoms with Gasteiger partial charge in [0.25, 0.3) is 0 Å². The number of benzene rings is 1. The van der Waals surface area contributed by atoms with E-state index in [9.17, 15) is 13.2 Å². The van der Waals surface area contributed by atoms with Crippen LogP contribution in [0.25, 0.3) is 0 Å². The van der Waals surface area contributed by atoms with E-state index in [1.54, 1.807) is 30.3 Å². The van der Waals surface area contributed by atoms with Gasteiger partial charge in [0.2, 0.25) is 0 Å². The van der Waals surface area contributed by atoms with E-state index in [1.807, 2.05) is 6.92 Å². The molecule has 1 aliphatic rings. The molecule has 1 aromatic rings. The van der Waals surface area contributed by atoms with Gasteiger partial charge in [-0.15, -0.1) is 0 Å². The van der Waals surface area contributed by atoms with E-state index in [1.165, 1.54) is 0 Å². The highest BCUT2D eigenvalue weighted by Gasteiger charge is 2.62. The molecule has 18 heavy (non-hydrogen) atoms. The second-order valence-electron chi connectivity index (χ2n) is 4.87. The third-order valence-electron chi connectivity index (χ3n) is 3.52. The Morgan fingerprint density at radius 2 is 1.78 bits per heavy atom. The van der Waals surface area contributed by atoms with Gasteiger partial charge in [0.1, 0.15) is 5.54 Å². The van der Waals surface area contributed by atoms with Gasteiger partial charge in [-0.1, -0.05) is 37.3 Å². The van der Waals surface area contributed by atoms with Crippen LogP contribution in [0.1, 0.15) is 31.7 Å². The highest BCUT2D eigenvalue weighted by atomic mass is 19.4. The second kappa shape index (κ2) is 4.92. The number of hydrogen-bond acceptors (Lipinski definition) is 1. The lowest BCUT2D eigenvalue weighted by molar-refractivity contribution is -0.208. The lowest BCUT2D eigenvalue weighted by Crippen LogP contribution is -2.56. The third-order valence-corrected chi connectivity index (χ3v) is 3.52. The van der Waals surface area contributed by atoms with Crippen molar-refractivity contribution in [1.29, 1.82) is 0 Å². The van der Waals surface area contributed by atoms with Gasteiger partial charge in [-0.25, -0.2) is 0 Å². The summed E-state index contributed by atoms with van der Waals surface area (Å²) in [5.41, 5.74) is -1.52. The Hall–Kier alpha value is -1.03. The highest BCUT2D eigenvalue weighted by Crippen LogP contribution is 2.54. The highest BCUT2D eigenvalue weighted by molar-refractivity contribution is 5.29. The molecule has 100 valence electrons. The predicted molar refractivity (Wildman–Crippen MR) is 65.2 cm³/mol. The van der Waals surface area contributed by atoms with Crippen LogP contribution in [0, 0.1) is 5.92 Å². The summed E-state index contributed by atoms with van der Waals surface area (Å²) in [7, 11) is 0. The summed E-state index contributed by atoms with van der Waals surface area (Å²) in [4.78, 5) is 0. The van der Waals surface area contributed by atoms with Gasteiger partial charge in [-0.3, -0.25) is 5.32 Å². The maximum atomic E-state index is 13.6. The summed E-state index contributed by atoms with van der Waals surface area (Å²) < 4.78 is 40.8. The minimum Gasteiger partial charge on any atom is -0.300 e. The quantitative estimate of drug-likeness (QED) is 0.844. The Kier molecular flexibility index (Phi) is 3.66. The van der Waals surface area contributed by atoms with Gasteiger partial charge < -0.3 is 0 Å². The lowest BCUT2D eigenvalue weighted by Gasteiger charge is -2.37. The Bertz CT molecular complexity index is 384. The molecule has 0 amide bonds. The molecule has 0 heterocycles. The standard InChI is InChI=1S/C14H18F3N/c1-2-10-18-13(12-8-9-12,14(15,16)17)11-6-4-3-5-7-11/h3-7,12,18H,2,8-10H2,1H3. The van der Waals surface area contributed by atoms with Gasteiger partial charge in [-0.05, 0) is 37.3 Å². The maximum absolute atomic E-state index is 13.6. The van der Waals surface area contributed by atoms with Gasteiger partial charge in [0, 0.05) is 0 Å². The van der Waals surface area contributed by atoms with Crippen molar-refractivity contribution in [3.05, 3.63) is 35.9 Å². The zero-order chi connectivity index (χ0) is 13.2. The number of nitrogens with one attached hydrogen (secondary N) is 1. The molecule has 1 aromatic carbocycles. The van der Waals surface area contributed by atoms with Crippen molar-refractivity contribution in [3.8, 4) is 0 Å². The van der Waals surface area contributed by atoms with Crippen molar-refractivity contribution in [2.24, 2.45) is 5.92 Å². The van der Waals surface area contributed by atoms with Crippen LogP contribution in [0.5, 0.6) is 0 Å². The van der Waals surface area contributed by atoms with Gasteiger partial charge in [0.05, 0.1) is 0 Å². The first kappa shape index (κ1) is 13.4. The smallest absolute Gasteiger partial charge is 0.300 e. The molecule has 1 fully saturated rings. The lowest BCUT2D eigenvalue weighted by atomic mass is 9.84. The molecule has 0 aromatic heterocycles. The molecule has 1 atom stereocenters. The first-order valence-corrected chi connectivity index (χ1v) is 6.39. The molecular formula is C14H18F3N. The van der Waals surface area contributed by atoms with Crippen molar-refractivity contribution in [2.75, 3.05) is 6.54 Å². The molecule has 0 spiro atoms. The normalized spacial score (nSPS) is 19.6. The Morgan fingerprint density at radius 1 is 1.17 bits per heavy atom. The molecular weight excluding hydrogens is 239 g/mol. The number of hydrogen-bond donors (Lipinski definition) is 1. The van der Waals surface area contributed by atoms with E-state index in [0.29, 0.717) is 31.4 Å². The largest absolute Gasteiger partial charge is 0.411 e. The van der Waals surface area contributed by atoms with Gasteiger partial charge in [0.15, 0.2) is 0 Å². The van der Waals surface area contributed by atoms with Crippen LogP contribution in [0.2, 0.25) is 0 Å². The Morgan fingerprint density at radius 3 is 2.22 bits per heavy atom. The van der Waals surface area contributed by atoms with Crippen molar-refractivity contribution >= 4 is 0 Å². The van der Waals surface area contributed by atoms with Crippen molar-refractivity contribution in [1.82, 2.24) is 5.32 Å². The Balaban J connectivity index is 2.43. The van der Waals surface area contributed by atoms with Crippen LogP contribution in [-0.4, -0.2) is 12.7 Å². The van der Waals surface area contributed by atoms with Crippen molar-refractivity contribution < 1.29 is 13.2 Å². The predicted octanol–water partition coefficient (Wildman–Crippen LogP) is 3.85. The minimum absolute atomic E-state index is 0.327. The fourth-order valence-electron chi connectivity index (χ4n) is 2.52. The number of rotatable bonds is 5. The van der Waals surface area contributed by atoms with E-state index < -0.39 is 11.7 Å². The first-order chi connectivity index (χ1) is 8.52. The molecule has 1 saturated carbocycles. The van der Waals surface area contributed by atoms with E-state index in [2.05, 4.69) is 5.32 Å². The van der Waals surface area contributed by atoms with Crippen LogP contribution < -0.4 is 5.32 Å².